The summed E-state index contributed by atoms with van der Waals surface area (Å²) < 4.78 is 5.04. The largest absolute Gasteiger partial charge is 0.388 e. The zero-order valence-corrected chi connectivity index (χ0v) is 8.46. The Labute approximate surface area is 77.8 Å². The first-order chi connectivity index (χ1) is 6.02. The van der Waals surface area contributed by atoms with Gasteiger partial charge in [0.05, 0.1) is 17.6 Å². The first-order valence-electron chi connectivity index (χ1n) is 4.25. The average Bonchev–Trinajstić information content (AvgIpc) is 2.29. The zero-order chi connectivity index (χ0) is 10.0. The molecule has 4 nitrogen and oxygen atoms in total. The number of aryl methyl sites for hydroxylation is 2. The molecule has 0 aliphatic carbocycles. The van der Waals surface area contributed by atoms with Crippen LogP contribution in [0.15, 0.2) is 9.52 Å². The molecule has 0 saturated carbocycles. The Hall–Kier alpha value is -1.32. The fourth-order valence-corrected chi connectivity index (χ4v) is 1.46. The minimum atomic E-state index is 0.0243. The van der Waals surface area contributed by atoms with E-state index < -0.39 is 0 Å². The Bertz CT molecular complexity index is 304. The monoisotopic (exact) mass is 181 g/mol. The summed E-state index contributed by atoms with van der Waals surface area (Å²) in [5.41, 5.74) is 7.42. The minimum absolute atomic E-state index is 0.0243. The van der Waals surface area contributed by atoms with Crippen LogP contribution in [0.4, 0.5) is 0 Å². The van der Waals surface area contributed by atoms with Crippen LogP contribution >= 0.6 is 0 Å². The molecule has 0 aliphatic rings. The smallest absolute Gasteiger partial charge is 0.139 e. The van der Waals surface area contributed by atoms with Gasteiger partial charge in [0.2, 0.25) is 0 Å². The molecular weight excluding hydrogens is 166 g/mol. The molecule has 1 rings (SSSR count). The lowest BCUT2D eigenvalue weighted by atomic mass is 10.1. The molecule has 2 N–H and O–H groups in total. The molecule has 1 heterocycles. The quantitative estimate of drug-likeness (QED) is 0.558. The molecule has 1 atom stereocenters. The van der Waals surface area contributed by atoms with Crippen LogP contribution in [-0.2, 0) is 0 Å². The highest BCUT2D eigenvalue weighted by Crippen LogP contribution is 2.23. The van der Waals surface area contributed by atoms with Gasteiger partial charge < -0.3 is 10.3 Å². The number of hydrogen-bond donors (Lipinski definition) is 1. The molecule has 0 amide bonds. The summed E-state index contributed by atoms with van der Waals surface area (Å²) in [5.74, 6) is 1.39. The number of aliphatic imine (C=N–C) groups is 1. The van der Waals surface area contributed by atoms with Crippen LogP contribution in [-0.4, -0.2) is 11.0 Å². The Morgan fingerprint density at radius 3 is 2.54 bits per heavy atom. The number of hydrogen-bond acceptors (Lipinski definition) is 3. The van der Waals surface area contributed by atoms with Crippen molar-refractivity contribution in [2.24, 2.45) is 10.7 Å². The first kappa shape index (κ1) is 9.77. The van der Waals surface area contributed by atoms with Gasteiger partial charge >= 0.3 is 0 Å². The van der Waals surface area contributed by atoms with Gasteiger partial charge in [0.15, 0.2) is 0 Å². The molecule has 0 bridgehead atoms. The molecule has 0 fully saturated rings. The second-order valence-electron chi connectivity index (χ2n) is 3.18. The van der Waals surface area contributed by atoms with Crippen molar-refractivity contribution < 1.29 is 4.52 Å². The van der Waals surface area contributed by atoms with E-state index in [1.165, 1.54) is 0 Å². The number of amidine groups is 1. The normalized spacial score (nSPS) is 14.6. The standard InChI is InChI=1S/C9H15N3O/c1-5(11-8(4)10)9-6(2)12-13-7(9)3/h5H,1-4H3,(H2,10,11). The van der Waals surface area contributed by atoms with E-state index >= 15 is 0 Å². The van der Waals surface area contributed by atoms with Crippen LogP contribution in [0, 0.1) is 13.8 Å². The SMILES string of the molecule is CC(N)=NC(C)c1c(C)noc1C. The van der Waals surface area contributed by atoms with Crippen molar-refractivity contribution >= 4 is 5.84 Å². The maximum absolute atomic E-state index is 5.50. The van der Waals surface area contributed by atoms with Gasteiger partial charge in [-0.3, -0.25) is 4.99 Å². The van der Waals surface area contributed by atoms with E-state index in [-0.39, 0.29) is 6.04 Å². The molecule has 72 valence electrons. The third kappa shape index (κ3) is 2.08. The summed E-state index contributed by atoms with van der Waals surface area (Å²) in [7, 11) is 0. The number of nitrogens with two attached hydrogens (primary N) is 1. The lowest BCUT2D eigenvalue weighted by Crippen LogP contribution is -2.07. The van der Waals surface area contributed by atoms with Crippen molar-refractivity contribution in [3.8, 4) is 0 Å². The lowest BCUT2D eigenvalue weighted by Gasteiger charge is -2.05. The fraction of sp³-hybridized carbons (Fsp3) is 0.556. The molecule has 0 radical (unpaired) electrons. The summed E-state index contributed by atoms with van der Waals surface area (Å²) in [6.07, 6.45) is 0. The number of rotatable bonds is 2. The molecule has 0 spiro atoms. The van der Waals surface area contributed by atoms with E-state index in [4.69, 9.17) is 10.3 Å². The Kier molecular flexibility index (Phi) is 2.70. The van der Waals surface area contributed by atoms with E-state index in [2.05, 4.69) is 10.1 Å². The maximum atomic E-state index is 5.50. The van der Waals surface area contributed by atoms with E-state index in [1.54, 1.807) is 6.92 Å². The third-order valence-corrected chi connectivity index (χ3v) is 1.90. The molecular formula is C9H15N3O. The van der Waals surface area contributed by atoms with Crippen LogP contribution in [0.2, 0.25) is 0 Å². The molecule has 1 aromatic heterocycles. The first-order valence-corrected chi connectivity index (χ1v) is 4.25. The van der Waals surface area contributed by atoms with Gasteiger partial charge in [-0.05, 0) is 27.7 Å². The van der Waals surface area contributed by atoms with Crippen molar-refractivity contribution in [2.45, 2.75) is 33.7 Å². The molecule has 1 aromatic rings. The van der Waals surface area contributed by atoms with Crippen LogP contribution < -0.4 is 5.73 Å². The summed E-state index contributed by atoms with van der Waals surface area (Å²) in [6, 6.07) is 0.0243. The highest BCUT2D eigenvalue weighted by atomic mass is 16.5. The minimum Gasteiger partial charge on any atom is -0.388 e. The van der Waals surface area contributed by atoms with Gasteiger partial charge in [-0.15, -0.1) is 0 Å². The van der Waals surface area contributed by atoms with E-state index in [0.717, 1.165) is 17.0 Å². The third-order valence-electron chi connectivity index (χ3n) is 1.90. The molecule has 1 unspecified atom stereocenters. The molecule has 0 saturated heterocycles. The van der Waals surface area contributed by atoms with Crippen LogP contribution in [0.3, 0.4) is 0 Å². The van der Waals surface area contributed by atoms with Crippen LogP contribution in [0.25, 0.3) is 0 Å². The Morgan fingerprint density at radius 1 is 1.54 bits per heavy atom. The van der Waals surface area contributed by atoms with Gasteiger partial charge in [-0.25, -0.2) is 0 Å². The van der Waals surface area contributed by atoms with Crippen molar-refractivity contribution in [1.29, 1.82) is 0 Å². The summed E-state index contributed by atoms with van der Waals surface area (Å²) in [4.78, 5) is 4.24. The number of nitrogens with zero attached hydrogens (tertiary/aromatic N) is 2. The van der Waals surface area contributed by atoms with Gasteiger partial charge in [-0.2, -0.15) is 0 Å². The van der Waals surface area contributed by atoms with E-state index in [0.29, 0.717) is 5.84 Å². The highest BCUT2D eigenvalue weighted by molar-refractivity contribution is 5.77. The summed E-state index contributed by atoms with van der Waals surface area (Å²) in [6.45, 7) is 7.54. The Morgan fingerprint density at radius 2 is 2.15 bits per heavy atom. The molecule has 13 heavy (non-hydrogen) atoms. The van der Waals surface area contributed by atoms with Crippen molar-refractivity contribution in [3.05, 3.63) is 17.0 Å². The lowest BCUT2D eigenvalue weighted by molar-refractivity contribution is 0.391. The van der Waals surface area contributed by atoms with Crippen LogP contribution in [0.5, 0.6) is 0 Å². The Balaban J connectivity index is 3.00. The summed E-state index contributed by atoms with van der Waals surface area (Å²) >= 11 is 0. The van der Waals surface area contributed by atoms with Crippen molar-refractivity contribution in [2.75, 3.05) is 0 Å². The number of aromatic nitrogens is 1. The second-order valence-corrected chi connectivity index (χ2v) is 3.18. The predicted molar refractivity (Wildman–Crippen MR) is 51.7 cm³/mol. The predicted octanol–water partition coefficient (Wildman–Crippen LogP) is 1.73. The van der Waals surface area contributed by atoms with E-state index in [9.17, 15) is 0 Å². The van der Waals surface area contributed by atoms with Crippen LogP contribution in [0.1, 0.15) is 36.9 Å². The van der Waals surface area contributed by atoms with Gasteiger partial charge in [0, 0.05) is 5.56 Å². The zero-order valence-electron chi connectivity index (χ0n) is 8.46. The molecule has 0 aromatic carbocycles. The van der Waals surface area contributed by atoms with Gasteiger partial charge in [0.1, 0.15) is 5.76 Å². The van der Waals surface area contributed by atoms with Crippen molar-refractivity contribution in [3.63, 3.8) is 0 Å². The van der Waals surface area contributed by atoms with E-state index in [1.807, 2.05) is 20.8 Å². The maximum Gasteiger partial charge on any atom is 0.139 e. The van der Waals surface area contributed by atoms with Crippen molar-refractivity contribution in [1.82, 2.24) is 5.16 Å². The second kappa shape index (κ2) is 3.60. The molecule has 0 aliphatic heterocycles. The van der Waals surface area contributed by atoms with Gasteiger partial charge in [-0.1, -0.05) is 5.16 Å². The summed E-state index contributed by atoms with van der Waals surface area (Å²) in [5, 5.41) is 3.86. The molecule has 4 heteroatoms. The van der Waals surface area contributed by atoms with Gasteiger partial charge in [0.25, 0.3) is 0 Å². The average molecular weight is 181 g/mol. The fourth-order valence-electron chi connectivity index (χ4n) is 1.46. The highest BCUT2D eigenvalue weighted by Gasteiger charge is 2.14. The topological polar surface area (TPSA) is 64.4 Å².